The van der Waals surface area contributed by atoms with Gasteiger partial charge in [-0.3, -0.25) is 0 Å². The maximum absolute atomic E-state index is 6.16. The van der Waals surface area contributed by atoms with Crippen LogP contribution in [0, 0.1) is 0 Å². The third-order valence-electron chi connectivity index (χ3n) is 2.77. The smallest absolute Gasteiger partial charge is 0.0586 e. The fourth-order valence-electron chi connectivity index (χ4n) is 1.86. The first-order valence-corrected chi connectivity index (χ1v) is 5.58. The molecule has 0 radical (unpaired) electrons. The van der Waals surface area contributed by atoms with E-state index < -0.39 is 0 Å². The van der Waals surface area contributed by atoms with Crippen LogP contribution in [0.5, 0.6) is 0 Å². The zero-order valence-electron chi connectivity index (χ0n) is 7.80. The Kier molecular flexibility index (Phi) is 3.01. The minimum absolute atomic E-state index is 0.0695. The molecule has 2 rings (SSSR count). The Morgan fingerprint density at radius 2 is 2.00 bits per heavy atom. The van der Waals surface area contributed by atoms with Gasteiger partial charge in [-0.05, 0) is 18.1 Å². The average Bonchev–Trinajstić information content (AvgIpc) is 2.13. The molecular weight excluding hydrogens is 219 g/mol. The standard InChI is InChI=1S/C11H12Cl2O/c12-6-5-11(7-14-8-11)9-3-1-2-4-10(9)13/h1-4H,5-8H2. The molecule has 76 valence electrons. The zero-order chi connectivity index (χ0) is 10.0. The number of rotatable bonds is 3. The van der Waals surface area contributed by atoms with Gasteiger partial charge in [-0.25, -0.2) is 0 Å². The van der Waals surface area contributed by atoms with Crippen LogP contribution in [0.1, 0.15) is 12.0 Å². The first kappa shape index (κ1) is 10.3. The highest BCUT2D eigenvalue weighted by atomic mass is 35.5. The molecule has 3 heteroatoms. The fraction of sp³-hybridized carbons (Fsp3) is 0.455. The molecule has 1 aliphatic heterocycles. The van der Waals surface area contributed by atoms with E-state index in [1.807, 2.05) is 18.2 Å². The molecule has 0 aliphatic carbocycles. The van der Waals surface area contributed by atoms with Gasteiger partial charge in [0.25, 0.3) is 0 Å². The molecule has 0 aromatic heterocycles. The highest BCUT2D eigenvalue weighted by Gasteiger charge is 2.40. The molecule has 0 unspecified atom stereocenters. The van der Waals surface area contributed by atoms with E-state index in [1.54, 1.807) is 0 Å². The van der Waals surface area contributed by atoms with Gasteiger partial charge in [0, 0.05) is 16.3 Å². The zero-order valence-corrected chi connectivity index (χ0v) is 9.31. The Balaban J connectivity index is 2.32. The molecule has 0 atom stereocenters. The number of benzene rings is 1. The second-order valence-corrected chi connectivity index (χ2v) is 4.48. The summed E-state index contributed by atoms with van der Waals surface area (Å²) in [6.07, 6.45) is 0.929. The van der Waals surface area contributed by atoms with Gasteiger partial charge in [-0.1, -0.05) is 29.8 Å². The number of alkyl halides is 1. The topological polar surface area (TPSA) is 9.23 Å². The maximum Gasteiger partial charge on any atom is 0.0586 e. The van der Waals surface area contributed by atoms with E-state index in [0.29, 0.717) is 5.88 Å². The second kappa shape index (κ2) is 4.09. The molecule has 1 saturated heterocycles. The Labute approximate surface area is 94.0 Å². The number of hydrogen-bond acceptors (Lipinski definition) is 1. The van der Waals surface area contributed by atoms with Gasteiger partial charge in [-0.15, -0.1) is 11.6 Å². The van der Waals surface area contributed by atoms with Gasteiger partial charge in [0.2, 0.25) is 0 Å². The summed E-state index contributed by atoms with van der Waals surface area (Å²) in [6, 6.07) is 7.94. The lowest BCUT2D eigenvalue weighted by Crippen LogP contribution is -2.47. The van der Waals surface area contributed by atoms with Crippen LogP contribution < -0.4 is 0 Å². The van der Waals surface area contributed by atoms with Crippen molar-refractivity contribution in [2.24, 2.45) is 0 Å². The molecule has 1 aromatic rings. The van der Waals surface area contributed by atoms with Crippen LogP contribution in [0.3, 0.4) is 0 Å². The summed E-state index contributed by atoms with van der Waals surface area (Å²) < 4.78 is 5.28. The highest BCUT2D eigenvalue weighted by molar-refractivity contribution is 6.31. The van der Waals surface area contributed by atoms with Crippen molar-refractivity contribution in [2.45, 2.75) is 11.8 Å². The Morgan fingerprint density at radius 3 is 2.50 bits per heavy atom. The minimum Gasteiger partial charge on any atom is -0.379 e. The van der Waals surface area contributed by atoms with E-state index in [-0.39, 0.29) is 5.41 Å². The largest absolute Gasteiger partial charge is 0.379 e. The number of hydrogen-bond donors (Lipinski definition) is 0. The monoisotopic (exact) mass is 230 g/mol. The molecule has 0 saturated carbocycles. The van der Waals surface area contributed by atoms with Gasteiger partial charge in [0.1, 0.15) is 0 Å². The van der Waals surface area contributed by atoms with Crippen molar-refractivity contribution >= 4 is 23.2 Å². The average molecular weight is 231 g/mol. The van der Waals surface area contributed by atoms with Crippen molar-refractivity contribution < 1.29 is 4.74 Å². The normalized spacial score (nSPS) is 19.0. The van der Waals surface area contributed by atoms with Gasteiger partial charge >= 0.3 is 0 Å². The number of ether oxygens (including phenoxy) is 1. The van der Waals surface area contributed by atoms with Crippen LogP contribution in [0.4, 0.5) is 0 Å². The van der Waals surface area contributed by atoms with Crippen molar-refractivity contribution in [1.82, 2.24) is 0 Å². The summed E-state index contributed by atoms with van der Waals surface area (Å²) in [6.45, 7) is 1.48. The van der Waals surface area contributed by atoms with Crippen molar-refractivity contribution in [2.75, 3.05) is 19.1 Å². The lowest BCUT2D eigenvalue weighted by Gasteiger charge is -2.42. The Hall–Kier alpha value is -0.240. The van der Waals surface area contributed by atoms with Crippen molar-refractivity contribution in [1.29, 1.82) is 0 Å². The van der Waals surface area contributed by atoms with Crippen LogP contribution in [-0.4, -0.2) is 19.1 Å². The quantitative estimate of drug-likeness (QED) is 0.725. The van der Waals surface area contributed by atoms with E-state index in [2.05, 4.69) is 6.07 Å². The van der Waals surface area contributed by atoms with Gasteiger partial charge in [0.15, 0.2) is 0 Å². The Morgan fingerprint density at radius 1 is 1.29 bits per heavy atom. The summed E-state index contributed by atoms with van der Waals surface area (Å²) in [4.78, 5) is 0. The first-order chi connectivity index (χ1) is 6.78. The molecule has 1 heterocycles. The van der Waals surface area contributed by atoms with Crippen LogP contribution >= 0.6 is 23.2 Å². The third-order valence-corrected chi connectivity index (χ3v) is 3.29. The van der Waals surface area contributed by atoms with Crippen LogP contribution in [0.15, 0.2) is 24.3 Å². The van der Waals surface area contributed by atoms with Gasteiger partial charge in [0.05, 0.1) is 13.2 Å². The second-order valence-electron chi connectivity index (χ2n) is 3.69. The first-order valence-electron chi connectivity index (χ1n) is 4.67. The van der Waals surface area contributed by atoms with Crippen molar-refractivity contribution in [3.63, 3.8) is 0 Å². The molecule has 0 spiro atoms. The van der Waals surface area contributed by atoms with Gasteiger partial charge in [-0.2, -0.15) is 0 Å². The third kappa shape index (κ3) is 1.65. The van der Waals surface area contributed by atoms with E-state index in [4.69, 9.17) is 27.9 Å². The molecule has 1 aromatic carbocycles. The predicted octanol–water partition coefficient (Wildman–Crippen LogP) is 3.24. The van der Waals surface area contributed by atoms with Crippen LogP contribution in [0.25, 0.3) is 0 Å². The molecule has 0 N–H and O–H groups in total. The van der Waals surface area contributed by atoms with E-state index >= 15 is 0 Å². The molecule has 0 amide bonds. The highest BCUT2D eigenvalue weighted by Crippen LogP contribution is 2.39. The predicted molar refractivity (Wildman–Crippen MR) is 59.3 cm³/mol. The maximum atomic E-state index is 6.16. The summed E-state index contributed by atoms with van der Waals surface area (Å²) in [5.74, 6) is 0.647. The lowest BCUT2D eigenvalue weighted by molar-refractivity contribution is -0.0615. The van der Waals surface area contributed by atoms with Gasteiger partial charge < -0.3 is 4.74 Å². The molecule has 0 bridgehead atoms. The number of halogens is 2. The van der Waals surface area contributed by atoms with E-state index in [0.717, 1.165) is 24.7 Å². The molecule has 1 fully saturated rings. The summed E-state index contributed by atoms with van der Waals surface area (Å²) in [5, 5.41) is 0.820. The minimum atomic E-state index is 0.0695. The molecule has 14 heavy (non-hydrogen) atoms. The molecular formula is C11H12Cl2O. The van der Waals surface area contributed by atoms with Crippen molar-refractivity contribution in [3.8, 4) is 0 Å². The van der Waals surface area contributed by atoms with E-state index in [1.165, 1.54) is 5.56 Å². The van der Waals surface area contributed by atoms with Crippen LogP contribution in [-0.2, 0) is 10.2 Å². The summed E-state index contributed by atoms with van der Waals surface area (Å²) >= 11 is 12.0. The summed E-state index contributed by atoms with van der Waals surface area (Å²) in [7, 11) is 0. The van der Waals surface area contributed by atoms with Crippen molar-refractivity contribution in [3.05, 3.63) is 34.9 Å². The fourth-order valence-corrected chi connectivity index (χ4v) is 2.55. The lowest BCUT2D eigenvalue weighted by atomic mass is 9.76. The molecule has 1 nitrogen and oxygen atoms in total. The SMILES string of the molecule is ClCCC1(c2ccccc2Cl)COC1. The van der Waals surface area contributed by atoms with Crippen LogP contribution in [0.2, 0.25) is 5.02 Å². The Bertz CT molecular complexity index is 321. The van der Waals surface area contributed by atoms with E-state index in [9.17, 15) is 0 Å². The molecule has 1 aliphatic rings. The summed E-state index contributed by atoms with van der Waals surface area (Å²) in [5.41, 5.74) is 1.24.